The Hall–Kier alpha value is -1.82. The van der Waals surface area contributed by atoms with Crippen molar-refractivity contribution in [2.45, 2.75) is 26.7 Å². The molecule has 0 radical (unpaired) electrons. The van der Waals surface area contributed by atoms with Crippen molar-refractivity contribution in [3.63, 3.8) is 0 Å². The van der Waals surface area contributed by atoms with Crippen LogP contribution in [0.15, 0.2) is 10.5 Å². The molecule has 2 heterocycles. The normalized spacial score (nSPS) is 19.8. The second-order valence-corrected chi connectivity index (χ2v) is 6.62. The number of hydrogen-bond acceptors (Lipinski definition) is 4. The third-order valence-electron chi connectivity index (χ3n) is 4.85. The maximum atomic E-state index is 12.6. The first kappa shape index (κ1) is 16.1. The Morgan fingerprint density at radius 3 is 2.26 bits per heavy atom. The van der Waals surface area contributed by atoms with Crippen molar-refractivity contribution in [2.24, 2.45) is 5.41 Å². The Morgan fingerprint density at radius 2 is 1.78 bits per heavy atom. The summed E-state index contributed by atoms with van der Waals surface area (Å²) in [6.07, 6.45) is 1.82. The molecule has 6 heteroatoms. The molecular formula is C17H24N2O4. The Morgan fingerprint density at radius 1 is 1.17 bits per heavy atom. The number of furan rings is 1. The van der Waals surface area contributed by atoms with E-state index in [1.165, 1.54) is 0 Å². The summed E-state index contributed by atoms with van der Waals surface area (Å²) in [5.41, 5.74) is 0.333. The predicted molar refractivity (Wildman–Crippen MR) is 84.2 cm³/mol. The highest BCUT2D eigenvalue weighted by Gasteiger charge is 2.52. The molecule has 1 aromatic heterocycles. The molecule has 0 spiro atoms. The molecule has 0 atom stereocenters. The van der Waals surface area contributed by atoms with Crippen molar-refractivity contribution in [3.05, 3.63) is 23.2 Å². The number of methoxy groups -OCH3 is 1. The summed E-state index contributed by atoms with van der Waals surface area (Å²) in [6, 6.07) is 1.78. The zero-order valence-electron chi connectivity index (χ0n) is 14.1. The lowest BCUT2D eigenvalue weighted by molar-refractivity contribution is -0.140. The molecule has 1 saturated heterocycles. The first-order chi connectivity index (χ1) is 11.0. The third-order valence-corrected chi connectivity index (χ3v) is 4.85. The molecule has 3 rings (SSSR count). The number of rotatable bonds is 4. The second kappa shape index (κ2) is 6.00. The molecule has 23 heavy (non-hydrogen) atoms. The van der Waals surface area contributed by atoms with Crippen molar-refractivity contribution in [1.82, 2.24) is 9.80 Å². The molecule has 0 N–H and O–H groups in total. The molecule has 0 unspecified atom stereocenters. The van der Waals surface area contributed by atoms with Crippen molar-refractivity contribution in [1.29, 1.82) is 0 Å². The van der Waals surface area contributed by atoms with Crippen LogP contribution in [0.4, 0.5) is 0 Å². The number of nitrogens with zero attached hydrogens (tertiary/aromatic N) is 2. The van der Waals surface area contributed by atoms with Crippen LogP contribution in [-0.4, -0.2) is 61.5 Å². The molecule has 2 amide bonds. The van der Waals surface area contributed by atoms with Crippen LogP contribution in [0, 0.1) is 19.3 Å². The van der Waals surface area contributed by atoms with E-state index in [-0.39, 0.29) is 17.2 Å². The topological polar surface area (TPSA) is 63.0 Å². The minimum atomic E-state index is -0.292. The standard InChI is InChI=1S/C17H24N2O4/c1-12-10-14(13(2)23-12)15(20)18-6-8-19(9-7-18)16(21)17(4-5-17)11-22-3/h10H,4-9,11H2,1-3H3. The van der Waals surface area contributed by atoms with Crippen LogP contribution in [0.2, 0.25) is 0 Å². The van der Waals surface area contributed by atoms with Crippen LogP contribution in [0.5, 0.6) is 0 Å². The van der Waals surface area contributed by atoms with Gasteiger partial charge in [0.15, 0.2) is 0 Å². The van der Waals surface area contributed by atoms with E-state index in [9.17, 15) is 9.59 Å². The number of aryl methyl sites for hydroxylation is 2. The van der Waals surface area contributed by atoms with E-state index < -0.39 is 0 Å². The summed E-state index contributed by atoms with van der Waals surface area (Å²) in [5, 5.41) is 0. The molecule has 1 saturated carbocycles. The van der Waals surface area contributed by atoms with E-state index in [1.54, 1.807) is 18.1 Å². The largest absolute Gasteiger partial charge is 0.466 e. The van der Waals surface area contributed by atoms with E-state index in [1.807, 2.05) is 18.7 Å². The Bertz CT molecular complexity index is 610. The number of piperazine rings is 1. The van der Waals surface area contributed by atoms with Crippen LogP contribution in [-0.2, 0) is 9.53 Å². The molecule has 1 aliphatic carbocycles. The van der Waals surface area contributed by atoms with Gasteiger partial charge in [-0.2, -0.15) is 0 Å². The Kier molecular flexibility index (Phi) is 4.19. The van der Waals surface area contributed by atoms with Gasteiger partial charge in [-0.15, -0.1) is 0 Å². The summed E-state index contributed by atoms with van der Waals surface area (Å²) in [6.45, 7) is 6.46. The zero-order chi connectivity index (χ0) is 16.6. The molecule has 0 bridgehead atoms. The lowest BCUT2D eigenvalue weighted by atomic mass is 10.1. The highest BCUT2D eigenvalue weighted by Crippen LogP contribution is 2.47. The quantitative estimate of drug-likeness (QED) is 0.845. The van der Waals surface area contributed by atoms with Gasteiger partial charge in [-0.1, -0.05) is 0 Å². The van der Waals surface area contributed by atoms with Crippen LogP contribution >= 0.6 is 0 Å². The van der Waals surface area contributed by atoms with Crippen molar-refractivity contribution < 1.29 is 18.7 Å². The zero-order valence-corrected chi connectivity index (χ0v) is 14.1. The molecule has 126 valence electrons. The molecule has 2 fully saturated rings. The van der Waals surface area contributed by atoms with Crippen LogP contribution < -0.4 is 0 Å². The van der Waals surface area contributed by atoms with Crippen molar-refractivity contribution >= 4 is 11.8 Å². The molecule has 2 aliphatic rings. The average Bonchev–Trinajstić information content (AvgIpc) is 3.24. The first-order valence-corrected chi connectivity index (χ1v) is 8.11. The van der Waals surface area contributed by atoms with E-state index in [4.69, 9.17) is 9.15 Å². The van der Waals surface area contributed by atoms with Gasteiger partial charge >= 0.3 is 0 Å². The SMILES string of the molecule is COCC1(C(=O)N2CCN(C(=O)c3cc(C)oc3C)CC2)CC1. The van der Waals surface area contributed by atoms with Gasteiger partial charge in [-0.3, -0.25) is 9.59 Å². The summed E-state index contributed by atoms with van der Waals surface area (Å²) in [5.74, 6) is 1.57. The highest BCUT2D eigenvalue weighted by molar-refractivity contribution is 5.95. The van der Waals surface area contributed by atoms with Gasteiger partial charge in [-0.25, -0.2) is 0 Å². The van der Waals surface area contributed by atoms with Gasteiger partial charge in [0.25, 0.3) is 5.91 Å². The molecule has 1 aliphatic heterocycles. The minimum Gasteiger partial charge on any atom is -0.466 e. The molecule has 0 aromatic carbocycles. The fraction of sp³-hybridized carbons (Fsp3) is 0.647. The fourth-order valence-electron chi connectivity index (χ4n) is 3.31. The summed E-state index contributed by atoms with van der Waals surface area (Å²) in [4.78, 5) is 28.8. The molecule has 1 aromatic rings. The maximum Gasteiger partial charge on any atom is 0.257 e. The average molecular weight is 320 g/mol. The van der Waals surface area contributed by atoms with Crippen LogP contribution in [0.1, 0.15) is 34.7 Å². The molecule has 6 nitrogen and oxygen atoms in total. The highest BCUT2D eigenvalue weighted by atomic mass is 16.5. The summed E-state index contributed by atoms with van der Waals surface area (Å²) in [7, 11) is 1.64. The van der Waals surface area contributed by atoms with Gasteiger partial charge in [0.2, 0.25) is 5.91 Å². The van der Waals surface area contributed by atoms with E-state index in [0.717, 1.165) is 18.6 Å². The van der Waals surface area contributed by atoms with E-state index >= 15 is 0 Å². The fourth-order valence-corrected chi connectivity index (χ4v) is 3.31. The smallest absolute Gasteiger partial charge is 0.257 e. The Balaban J connectivity index is 1.59. The summed E-state index contributed by atoms with van der Waals surface area (Å²) >= 11 is 0. The first-order valence-electron chi connectivity index (χ1n) is 8.11. The van der Waals surface area contributed by atoms with E-state index in [2.05, 4.69) is 0 Å². The number of hydrogen-bond donors (Lipinski definition) is 0. The van der Waals surface area contributed by atoms with Crippen molar-refractivity contribution in [3.8, 4) is 0 Å². The van der Waals surface area contributed by atoms with Gasteiger partial charge < -0.3 is 19.0 Å². The second-order valence-electron chi connectivity index (χ2n) is 6.62. The predicted octanol–water partition coefficient (Wildman–Crippen LogP) is 1.61. The monoisotopic (exact) mass is 320 g/mol. The van der Waals surface area contributed by atoms with Crippen LogP contribution in [0.25, 0.3) is 0 Å². The minimum absolute atomic E-state index is 0.00974. The number of ether oxygens (including phenoxy) is 1. The summed E-state index contributed by atoms with van der Waals surface area (Å²) < 4.78 is 10.6. The third kappa shape index (κ3) is 3.00. The van der Waals surface area contributed by atoms with Gasteiger partial charge in [0.05, 0.1) is 17.6 Å². The molecular weight excluding hydrogens is 296 g/mol. The number of amides is 2. The van der Waals surface area contributed by atoms with Gasteiger partial charge in [0, 0.05) is 33.3 Å². The van der Waals surface area contributed by atoms with Crippen LogP contribution in [0.3, 0.4) is 0 Å². The number of carbonyl (C=O) groups excluding carboxylic acids is 2. The maximum absolute atomic E-state index is 12.6. The van der Waals surface area contributed by atoms with Crippen molar-refractivity contribution in [2.75, 3.05) is 39.9 Å². The van der Waals surface area contributed by atoms with Gasteiger partial charge in [0.1, 0.15) is 11.5 Å². The lowest BCUT2D eigenvalue weighted by Crippen LogP contribution is -2.52. The van der Waals surface area contributed by atoms with E-state index in [0.29, 0.717) is 44.1 Å². The van der Waals surface area contributed by atoms with Gasteiger partial charge in [-0.05, 0) is 32.8 Å². The lowest BCUT2D eigenvalue weighted by Gasteiger charge is -2.36. The Labute approximate surface area is 136 Å². The number of carbonyl (C=O) groups is 2.